The average Bonchev–Trinajstić information content (AvgIpc) is 3.01. The molecule has 0 nitrogen and oxygen atoms in total. The Balaban J connectivity index is 1.71. The smallest absolute Gasteiger partial charge is 0.0906 e. The van der Waals surface area contributed by atoms with E-state index in [1.807, 2.05) is 54.6 Å². The van der Waals surface area contributed by atoms with Gasteiger partial charge in [0.25, 0.3) is 0 Å². The highest BCUT2D eigenvalue weighted by Crippen LogP contribution is 2.34. The first-order valence-electron chi connectivity index (χ1n) is 10.5. The summed E-state index contributed by atoms with van der Waals surface area (Å²) in [6, 6.07) is 34.6. The standard InChI is InChI=1S/C31H19Cl/c32-31(29-17-9-6-14-26(29)19-18-23-10-2-1-3-11-23)22-30-27-15-7-4-12-24(27)20-21-25-13-5-8-16-28(25)30/h1-17,20-21H. The molecule has 0 atom stereocenters. The Bertz CT molecular complexity index is 1400. The third-order valence-corrected chi connectivity index (χ3v) is 5.71. The fourth-order valence-electron chi connectivity index (χ4n) is 3.82. The Morgan fingerprint density at radius 1 is 0.562 bits per heavy atom. The average molecular weight is 427 g/mol. The monoisotopic (exact) mass is 426 g/mol. The maximum atomic E-state index is 6.91. The molecule has 5 rings (SSSR count). The number of halogens is 1. The second-order valence-electron chi connectivity index (χ2n) is 7.48. The Kier molecular flexibility index (Phi) is 5.61. The van der Waals surface area contributed by atoms with E-state index < -0.39 is 0 Å². The summed E-state index contributed by atoms with van der Waals surface area (Å²) in [5.74, 6) is 6.52. The van der Waals surface area contributed by atoms with E-state index in [9.17, 15) is 0 Å². The number of hydrogen-bond acceptors (Lipinski definition) is 0. The van der Waals surface area contributed by atoms with Crippen molar-refractivity contribution >= 4 is 34.4 Å². The van der Waals surface area contributed by atoms with Gasteiger partial charge in [-0.1, -0.05) is 126 Å². The SMILES string of the molecule is ClC(=C=C1c2ccccc2C=Cc2ccccc21)c1ccccc1C#Cc1ccccc1. The Morgan fingerprint density at radius 3 is 1.81 bits per heavy atom. The van der Waals surface area contributed by atoms with Gasteiger partial charge in [0.05, 0.1) is 5.03 Å². The van der Waals surface area contributed by atoms with Gasteiger partial charge in [-0.15, -0.1) is 0 Å². The lowest BCUT2D eigenvalue weighted by Crippen LogP contribution is -1.91. The topological polar surface area (TPSA) is 0 Å². The summed E-state index contributed by atoms with van der Waals surface area (Å²) in [6.07, 6.45) is 4.30. The zero-order valence-electron chi connectivity index (χ0n) is 17.3. The Morgan fingerprint density at radius 2 is 1.12 bits per heavy atom. The lowest BCUT2D eigenvalue weighted by atomic mass is 9.94. The molecule has 0 heterocycles. The fraction of sp³-hybridized carbons (Fsp3) is 0. The van der Waals surface area contributed by atoms with Crippen molar-refractivity contribution in [3.8, 4) is 11.8 Å². The summed E-state index contributed by atoms with van der Waals surface area (Å²) in [5, 5.41) is 0.546. The van der Waals surface area contributed by atoms with Crippen molar-refractivity contribution in [2.45, 2.75) is 0 Å². The third kappa shape index (κ3) is 4.09. The highest BCUT2D eigenvalue weighted by atomic mass is 35.5. The summed E-state index contributed by atoms with van der Waals surface area (Å²) in [5.41, 5.74) is 11.7. The van der Waals surface area contributed by atoms with E-state index in [-0.39, 0.29) is 0 Å². The molecule has 1 aliphatic carbocycles. The molecule has 0 bridgehead atoms. The van der Waals surface area contributed by atoms with Crippen LogP contribution < -0.4 is 0 Å². The van der Waals surface area contributed by atoms with E-state index in [4.69, 9.17) is 11.6 Å². The zero-order chi connectivity index (χ0) is 21.8. The van der Waals surface area contributed by atoms with Crippen LogP contribution in [0.3, 0.4) is 0 Å². The third-order valence-electron chi connectivity index (χ3n) is 5.42. The summed E-state index contributed by atoms with van der Waals surface area (Å²) >= 11 is 6.91. The van der Waals surface area contributed by atoms with Gasteiger partial charge in [-0.3, -0.25) is 0 Å². The number of rotatable bonds is 1. The molecule has 150 valence electrons. The van der Waals surface area contributed by atoms with Gasteiger partial charge in [0.15, 0.2) is 0 Å². The van der Waals surface area contributed by atoms with Gasteiger partial charge in [-0.25, -0.2) is 0 Å². The maximum absolute atomic E-state index is 6.91. The van der Waals surface area contributed by atoms with Crippen LogP contribution in [-0.2, 0) is 0 Å². The predicted octanol–water partition coefficient (Wildman–Crippen LogP) is 7.88. The van der Waals surface area contributed by atoms with Gasteiger partial charge >= 0.3 is 0 Å². The molecule has 4 aromatic carbocycles. The van der Waals surface area contributed by atoms with Gasteiger partial charge in [-0.2, -0.15) is 0 Å². The minimum Gasteiger partial charge on any atom is -0.0906 e. The first-order chi connectivity index (χ1) is 15.8. The van der Waals surface area contributed by atoms with Crippen LogP contribution in [0.2, 0.25) is 0 Å². The van der Waals surface area contributed by atoms with Crippen LogP contribution in [-0.4, -0.2) is 0 Å². The van der Waals surface area contributed by atoms with Crippen LogP contribution in [0.25, 0.3) is 22.8 Å². The van der Waals surface area contributed by atoms with Crippen molar-refractivity contribution in [3.63, 3.8) is 0 Å². The first kappa shape index (κ1) is 19.9. The minimum atomic E-state index is 0.546. The van der Waals surface area contributed by atoms with Crippen LogP contribution in [0.15, 0.2) is 109 Å². The largest absolute Gasteiger partial charge is 0.0916 e. The van der Waals surface area contributed by atoms with Crippen molar-refractivity contribution in [2.75, 3.05) is 0 Å². The molecule has 0 saturated carbocycles. The van der Waals surface area contributed by atoms with Crippen LogP contribution in [0.1, 0.15) is 38.9 Å². The molecule has 1 aliphatic rings. The summed E-state index contributed by atoms with van der Waals surface area (Å²) in [6.45, 7) is 0. The maximum Gasteiger partial charge on any atom is 0.0916 e. The van der Waals surface area contributed by atoms with E-state index in [2.05, 4.69) is 78.3 Å². The molecule has 32 heavy (non-hydrogen) atoms. The molecule has 0 fully saturated rings. The number of fused-ring (bicyclic) bond motifs is 2. The van der Waals surface area contributed by atoms with E-state index in [0.29, 0.717) is 5.03 Å². The Labute approximate surface area is 193 Å². The molecular weight excluding hydrogens is 408 g/mol. The van der Waals surface area contributed by atoms with Gasteiger partial charge < -0.3 is 0 Å². The van der Waals surface area contributed by atoms with E-state index in [1.165, 1.54) is 0 Å². The normalized spacial score (nSPS) is 11.3. The van der Waals surface area contributed by atoms with Crippen LogP contribution >= 0.6 is 11.6 Å². The highest BCUT2D eigenvalue weighted by molar-refractivity contribution is 6.49. The lowest BCUT2D eigenvalue weighted by molar-refractivity contribution is 1.53. The van der Waals surface area contributed by atoms with Crippen LogP contribution in [0, 0.1) is 11.8 Å². The van der Waals surface area contributed by atoms with Crippen LogP contribution in [0.5, 0.6) is 0 Å². The van der Waals surface area contributed by atoms with Gasteiger partial charge in [0.1, 0.15) is 0 Å². The molecule has 0 aliphatic heterocycles. The van der Waals surface area contributed by atoms with E-state index in [1.54, 1.807) is 0 Å². The molecule has 0 spiro atoms. The van der Waals surface area contributed by atoms with Crippen molar-refractivity contribution < 1.29 is 0 Å². The van der Waals surface area contributed by atoms with Crippen molar-refractivity contribution in [2.24, 2.45) is 0 Å². The molecule has 0 amide bonds. The van der Waals surface area contributed by atoms with Crippen molar-refractivity contribution in [1.29, 1.82) is 0 Å². The molecule has 0 radical (unpaired) electrons. The molecule has 0 aromatic heterocycles. The van der Waals surface area contributed by atoms with Gasteiger partial charge in [0.2, 0.25) is 0 Å². The minimum absolute atomic E-state index is 0.546. The van der Waals surface area contributed by atoms with E-state index >= 15 is 0 Å². The second kappa shape index (κ2) is 9.01. The zero-order valence-corrected chi connectivity index (χ0v) is 18.1. The predicted molar refractivity (Wildman–Crippen MR) is 136 cm³/mol. The molecule has 4 aromatic rings. The summed E-state index contributed by atoms with van der Waals surface area (Å²) in [4.78, 5) is 0. The van der Waals surface area contributed by atoms with Crippen molar-refractivity contribution in [3.05, 3.63) is 148 Å². The Hall–Kier alpha value is -4.01. The molecule has 0 N–H and O–H groups in total. The highest BCUT2D eigenvalue weighted by Gasteiger charge is 2.15. The van der Waals surface area contributed by atoms with Crippen molar-refractivity contribution in [1.82, 2.24) is 0 Å². The first-order valence-corrected chi connectivity index (χ1v) is 10.9. The van der Waals surface area contributed by atoms with Crippen LogP contribution in [0.4, 0.5) is 0 Å². The lowest BCUT2D eigenvalue weighted by Gasteiger charge is -2.10. The quantitative estimate of drug-likeness (QED) is 0.189. The van der Waals surface area contributed by atoms with E-state index in [0.717, 1.165) is 44.5 Å². The molecular formula is C31H19Cl. The molecule has 0 unspecified atom stereocenters. The number of hydrogen-bond donors (Lipinski definition) is 0. The van der Waals surface area contributed by atoms with Gasteiger partial charge in [0, 0.05) is 22.3 Å². The number of benzene rings is 4. The molecule has 0 saturated heterocycles. The molecule has 1 heteroatoms. The second-order valence-corrected chi connectivity index (χ2v) is 7.86. The van der Waals surface area contributed by atoms with Gasteiger partial charge in [-0.05, 0) is 40.5 Å². The fourth-order valence-corrected chi connectivity index (χ4v) is 4.08. The summed E-state index contributed by atoms with van der Waals surface area (Å²) < 4.78 is 0. The summed E-state index contributed by atoms with van der Waals surface area (Å²) in [7, 11) is 0.